The molecule has 3 rings (SSSR count). The van der Waals surface area contributed by atoms with E-state index in [4.69, 9.17) is 14.2 Å². The van der Waals surface area contributed by atoms with Gasteiger partial charge in [-0.05, 0) is 29.1 Å². The van der Waals surface area contributed by atoms with Crippen LogP contribution in [0.5, 0.6) is 17.2 Å². The maximum absolute atomic E-state index is 12.4. The number of hydrogen-bond acceptors (Lipinski definition) is 7. The number of nitrogens with one attached hydrogen (secondary N) is 1. The number of ether oxygens (including phenoxy) is 3. The summed E-state index contributed by atoms with van der Waals surface area (Å²) in [5, 5.41) is 9.47. The molecule has 136 valence electrons. The van der Waals surface area contributed by atoms with Gasteiger partial charge in [0.15, 0.2) is 11.5 Å². The number of methoxy groups -OCH3 is 3. The van der Waals surface area contributed by atoms with Gasteiger partial charge < -0.3 is 19.5 Å². The quantitative estimate of drug-likeness (QED) is 0.664. The van der Waals surface area contributed by atoms with E-state index in [9.17, 15) is 4.79 Å². The second-order valence-electron chi connectivity index (χ2n) is 5.27. The lowest BCUT2D eigenvalue weighted by Crippen LogP contribution is -2.23. The molecule has 0 unspecified atom stereocenters. The lowest BCUT2D eigenvalue weighted by Gasteiger charge is -2.14. The summed E-state index contributed by atoms with van der Waals surface area (Å²) in [5.74, 6) is 1.38. The van der Waals surface area contributed by atoms with Crippen LogP contribution in [-0.4, -0.2) is 32.2 Å². The Kier molecular flexibility index (Phi) is 5.75. The molecule has 0 saturated carbocycles. The molecule has 0 aliphatic heterocycles. The van der Waals surface area contributed by atoms with Crippen LogP contribution in [0.1, 0.15) is 16.1 Å². The predicted molar refractivity (Wildman–Crippen MR) is 103 cm³/mol. The maximum Gasteiger partial charge on any atom is 0.271 e. The van der Waals surface area contributed by atoms with E-state index in [2.05, 4.69) is 10.3 Å². The molecule has 2 heterocycles. The topological polar surface area (TPSA) is 69.7 Å². The lowest BCUT2D eigenvalue weighted by atomic mass is 10.1. The van der Waals surface area contributed by atoms with Crippen LogP contribution < -0.4 is 19.5 Å². The average molecular weight is 390 g/mol. The number of carbonyl (C=O) groups excluding carboxylic acids is 1. The van der Waals surface area contributed by atoms with Gasteiger partial charge in [0.2, 0.25) is 5.75 Å². The first kappa shape index (κ1) is 18.2. The molecule has 0 aliphatic rings. The van der Waals surface area contributed by atoms with E-state index in [0.29, 0.717) is 29.5 Å². The van der Waals surface area contributed by atoms with Gasteiger partial charge in [0, 0.05) is 22.9 Å². The molecule has 0 saturated heterocycles. The Morgan fingerprint density at radius 2 is 1.85 bits per heavy atom. The first-order chi connectivity index (χ1) is 12.7. The van der Waals surface area contributed by atoms with Gasteiger partial charge in [0.05, 0.1) is 21.3 Å². The summed E-state index contributed by atoms with van der Waals surface area (Å²) in [7, 11) is 4.66. The van der Waals surface area contributed by atoms with Crippen LogP contribution in [0.15, 0.2) is 34.3 Å². The summed E-state index contributed by atoms with van der Waals surface area (Å²) in [4.78, 5) is 16.8. The van der Waals surface area contributed by atoms with Gasteiger partial charge in [0.25, 0.3) is 5.91 Å². The standard InChI is InChI=1S/C18H18N2O4S2/c1-22-14-6-11(7-15(23-2)16(14)24-3)8-19-17(21)13-10-26-18(20-13)12-4-5-25-9-12/h4-7,9-10H,8H2,1-3H3,(H,19,21). The third-order valence-corrected chi connectivity index (χ3v) is 5.26. The molecule has 1 amide bonds. The highest BCUT2D eigenvalue weighted by atomic mass is 32.1. The van der Waals surface area contributed by atoms with Crippen molar-refractivity contribution in [3.05, 3.63) is 45.6 Å². The van der Waals surface area contributed by atoms with Crippen LogP contribution in [0, 0.1) is 0 Å². The molecule has 0 spiro atoms. The molecule has 0 radical (unpaired) electrons. The van der Waals surface area contributed by atoms with Crippen molar-refractivity contribution in [2.75, 3.05) is 21.3 Å². The third-order valence-electron chi connectivity index (χ3n) is 3.68. The van der Waals surface area contributed by atoms with E-state index in [0.717, 1.165) is 16.1 Å². The summed E-state index contributed by atoms with van der Waals surface area (Å²) >= 11 is 3.05. The highest BCUT2D eigenvalue weighted by Crippen LogP contribution is 2.38. The van der Waals surface area contributed by atoms with Crippen LogP contribution in [0.3, 0.4) is 0 Å². The van der Waals surface area contributed by atoms with Crippen LogP contribution in [0.2, 0.25) is 0 Å². The van der Waals surface area contributed by atoms with Crippen molar-refractivity contribution < 1.29 is 19.0 Å². The van der Waals surface area contributed by atoms with E-state index in [1.165, 1.54) is 11.3 Å². The minimum atomic E-state index is -0.225. The third kappa shape index (κ3) is 3.81. The van der Waals surface area contributed by atoms with Crippen molar-refractivity contribution >= 4 is 28.6 Å². The molecule has 26 heavy (non-hydrogen) atoms. The van der Waals surface area contributed by atoms with Gasteiger partial charge in [-0.3, -0.25) is 4.79 Å². The van der Waals surface area contributed by atoms with E-state index >= 15 is 0 Å². The minimum absolute atomic E-state index is 0.225. The van der Waals surface area contributed by atoms with Crippen molar-refractivity contribution in [2.24, 2.45) is 0 Å². The molecule has 0 aliphatic carbocycles. The molecule has 3 aromatic rings. The fourth-order valence-electron chi connectivity index (χ4n) is 2.41. The zero-order chi connectivity index (χ0) is 18.5. The molecule has 0 fully saturated rings. The Hall–Kier alpha value is -2.58. The second kappa shape index (κ2) is 8.20. The van der Waals surface area contributed by atoms with Crippen LogP contribution in [0.4, 0.5) is 0 Å². The monoisotopic (exact) mass is 390 g/mol. The number of benzene rings is 1. The van der Waals surface area contributed by atoms with Gasteiger partial charge in [-0.1, -0.05) is 0 Å². The summed E-state index contributed by atoms with van der Waals surface area (Å²) in [6.07, 6.45) is 0. The number of thiophene rings is 1. The fourth-order valence-corrected chi connectivity index (χ4v) is 3.92. The Morgan fingerprint density at radius 1 is 1.12 bits per heavy atom. The summed E-state index contributed by atoms with van der Waals surface area (Å²) in [5.41, 5.74) is 2.27. The van der Waals surface area contributed by atoms with Gasteiger partial charge in [-0.15, -0.1) is 11.3 Å². The average Bonchev–Trinajstić information content (AvgIpc) is 3.36. The number of nitrogens with zero attached hydrogens (tertiary/aromatic N) is 1. The lowest BCUT2D eigenvalue weighted by molar-refractivity contribution is 0.0946. The molecule has 1 N–H and O–H groups in total. The van der Waals surface area contributed by atoms with Crippen molar-refractivity contribution in [2.45, 2.75) is 6.54 Å². The number of aromatic nitrogens is 1. The zero-order valence-electron chi connectivity index (χ0n) is 14.6. The number of thiazole rings is 1. The smallest absolute Gasteiger partial charge is 0.271 e. The van der Waals surface area contributed by atoms with E-state index in [-0.39, 0.29) is 5.91 Å². The highest BCUT2D eigenvalue weighted by molar-refractivity contribution is 7.14. The maximum atomic E-state index is 12.4. The first-order valence-corrected chi connectivity index (χ1v) is 9.53. The van der Waals surface area contributed by atoms with Crippen molar-refractivity contribution in [1.82, 2.24) is 10.3 Å². The number of carbonyl (C=O) groups is 1. The van der Waals surface area contributed by atoms with Crippen LogP contribution in [0.25, 0.3) is 10.6 Å². The largest absolute Gasteiger partial charge is 0.493 e. The Labute approximate surface area is 159 Å². The fraction of sp³-hybridized carbons (Fsp3) is 0.222. The number of amides is 1. The number of hydrogen-bond donors (Lipinski definition) is 1. The summed E-state index contributed by atoms with van der Waals surface area (Å²) in [6.45, 7) is 0.320. The van der Waals surface area contributed by atoms with E-state index < -0.39 is 0 Å². The molecule has 0 bridgehead atoms. The first-order valence-electron chi connectivity index (χ1n) is 7.71. The SMILES string of the molecule is COc1cc(CNC(=O)c2csc(-c3ccsc3)n2)cc(OC)c1OC. The summed E-state index contributed by atoms with van der Waals surface area (Å²) in [6, 6.07) is 5.60. The second-order valence-corrected chi connectivity index (χ2v) is 6.90. The normalized spacial score (nSPS) is 10.4. The van der Waals surface area contributed by atoms with Crippen molar-refractivity contribution in [3.8, 4) is 27.8 Å². The Bertz CT molecular complexity index is 865. The van der Waals surface area contributed by atoms with E-state index in [1.807, 2.05) is 16.8 Å². The van der Waals surface area contributed by atoms with Gasteiger partial charge in [-0.25, -0.2) is 4.98 Å². The Balaban J connectivity index is 1.71. The van der Waals surface area contributed by atoms with Crippen molar-refractivity contribution in [3.63, 3.8) is 0 Å². The predicted octanol–water partition coefficient (Wildman–Crippen LogP) is 3.83. The Morgan fingerprint density at radius 3 is 2.42 bits per heavy atom. The summed E-state index contributed by atoms with van der Waals surface area (Å²) < 4.78 is 16.0. The minimum Gasteiger partial charge on any atom is -0.493 e. The number of rotatable bonds is 7. The molecule has 6 nitrogen and oxygen atoms in total. The van der Waals surface area contributed by atoms with Crippen LogP contribution in [-0.2, 0) is 6.54 Å². The highest BCUT2D eigenvalue weighted by Gasteiger charge is 2.15. The molecular formula is C18H18N2O4S2. The molecule has 0 atom stereocenters. The molecule has 1 aromatic carbocycles. The molecular weight excluding hydrogens is 372 g/mol. The van der Waals surface area contributed by atoms with Gasteiger partial charge in [-0.2, -0.15) is 11.3 Å². The van der Waals surface area contributed by atoms with Crippen molar-refractivity contribution in [1.29, 1.82) is 0 Å². The molecule has 8 heteroatoms. The van der Waals surface area contributed by atoms with Gasteiger partial charge in [0.1, 0.15) is 10.7 Å². The van der Waals surface area contributed by atoms with Crippen LogP contribution >= 0.6 is 22.7 Å². The zero-order valence-corrected chi connectivity index (χ0v) is 16.2. The van der Waals surface area contributed by atoms with Gasteiger partial charge >= 0.3 is 0 Å². The molecule has 2 aromatic heterocycles. The van der Waals surface area contributed by atoms with E-state index in [1.54, 1.807) is 50.2 Å².